The van der Waals surface area contributed by atoms with Crippen molar-refractivity contribution in [1.82, 2.24) is 0 Å². The van der Waals surface area contributed by atoms with Crippen molar-refractivity contribution in [3.05, 3.63) is 21.9 Å². The summed E-state index contributed by atoms with van der Waals surface area (Å²) in [6, 6.07) is 1.99. The highest BCUT2D eigenvalue weighted by Crippen LogP contribution is 2.18. The predicted octanol–water partition coefficient (Wildman–Crippen LogP) is 3.27. The standard InChI is InChI=1S/C11H16O2S/c1-3-5-7-13-11(12)10-9(4-2)6-8-14-10/h6,8H,3-5,7H2,1-2H3. The molecule has 0 aromatic carbocycles. The average Bonchev–Trinajstić information content (AvgIpc) is 2.65. The number of hydrogen-bond acceptors (Lipinski definition) is 3. The number of rotatable bonds is 5. The van der Waals surface area contributed by atoms with Crippen LogP contribution in [0.4, 0.5) is 0 Å². The molecule has 14 heavy (non-hydrogen) atoms. The van der Waals surface area contributed by atoms with Gasteiger partial charge >= 0.3 is 5.97 Å². The molecule has 0 fully saturated rings. The van der Waals surface area contributed by atoms with E-state index in [1.807, 2.05) is 18.4 Å². The molecular formula is C11H16O2S. The molecule has 0 unspecified atom stereocenters. The number of aryl methyl sites for hydroxylation is 1. The van der Waals surface area contributed by atoms with E-state index in [1.54, 1.807) is 0 Å². The minimum absolute atomic E-state index is 0.162. The first-order valence-corrected chi connectivity index (χ1v) is 5.91. The highest BCUT2D eigenvalue weighted by atomic mass is 32.1. The van der Waals surface area contributed by atoms with Gasteiger partial charge in [-0.3, -0.25) is 0 Å². The quantitative estimate of drug-likeness (QED) is 0.553. The van der Waals surface area contributed by atoms with Crippen molar-refractivity contribution < 1.29 is 9.53 Å². The van der Waals surface area contributed by atoms with Gasteiger partial charge < -0.3 is 4.74 Å². The Hall–Kier alpha value is -0.830. The second-order valence-corrected chi connectivity index (χ2v) is 4.03. The molecule has 0 aliphatic carbocycles. The molecule has 0 aliphatic rings. The normalized spacial score (nSPS) is 10.1. The lowest BCUT2D eigenvalue weighted by Gasteiger charge is -2.03. The van der Waals surface area contributed by atoms with Crippen LogP contribution >= 0.6 is 11.3 Å². The third-order valence-electron chi connectivity index (χ3n) is 2.04. The molecule has 0 amide bonds. The smallest absolute Gasteiger partial charge is 0.348 e. The molecule has 1 heterocycles. The van der Waals surface area contributed by atoms with E-state index in [0.29, 0.717) is 6.61 Å². The zero-order valence-corrected chi connectivity index (χ0v) is 9.52. The monoisotopic (exact) mass is 212 g/mol. The maximum Gasteiger partial charge on any atom is 0.348 e. The van der Waals surface area contributed by atoms with Gasteiger partial charge in [-0.2, -0.15) is 0 Å². The Morgan fingerprint density at radius 2 is 2.29 bits per heavy atom. The van der Waals surface area contributed by atoms with Crippen molar-refractivity contribution in [1.29, 1.82) is 0 Å². The van der Waals surface area contributed by atoms with Gasteiger partial charge in [-0.1, -0.05) is 20.3 Å². The Balaban J connectivity index is 2.51. The largest absolute Gasteiger partial charge is 0.462 e. The number of hydrogen-bond donors (Lipinski definition) is 0. The zero-order valence-electron chi connectivity index (χ0n) is 8.71. The topological polar surface area (TPSA) is 26.3 Å². The molecule has 0 spiro atoms. The SMILES string of the molecule is CCCCOC(=O)c1sccc1CC. The molecular weight excluding hydrogens is 196 g/mol. The van der Waals surface area contributed by atoms with Crippen molar-refractivity contribution in [2.24, 2.45) is 0 Å². The summed E-state index contributed by atoms with van der Waals surface area (Å²) in [4.78, 5) is 12.3. The molecule has 0 N–H and O–H groups in total. The Kier molecular flexibility index (Phi) is 4.66. The van der Waals surface area contributed by atoms with Gasteiger partial charge in [-0.25, -0.2) is 4.79 Å². The van der Waals surface area contributed by atoms with Crippen molar-refractivity contribution in [3.63, 3.8) is 0 Å². The summed E-state index contributed by atoms with van der Waals surface area (Å²) in [7, 11) is 0. The summed E-state index contributed by atoms with van der Waals surface area (Å²) in [6.45, 7) is 4.66. The van der Waals surface area contributed by atoms with Gasteiger partial charge in [0.15, 0.2) is 0 Å². The molecule has 0 atom stereocenters. The molecule has 0 bridgehead atoms. The molecule has 1 rings (SSSR count). The number of ether oxygens (including phenoxy) is 1. The van der Waals surface area contributed by atoms with Crippen molar-refractivity contribution in [3.8, 4) is 0 Å². The predicted molar refractivity (Wildman–Crippen MR) is 58.9 cm³/mol. The third kappa shape index (κ3) is 2.84. The highest BCUT2D eigenvalue weighted by Gasteiger charge is 2.12. The number of carbonyl (C=O) groups excluding carboxylic acids is 1. The van der Waals surface area contributed by atoms with Crippen LogP contribution < -0.4 is 0 Å². The lowest BCUT2D eigenvalue weighted by atomic mass is 10.2. The molecule has 3 heteroatoms. The van der Waals surface area contributed by atoms with E-state index in [4.69, 9.17) is 4.74 Å². The summed E-state index contributed by atoms with van der Waals surface area (Å²) in [6.07, 6.45) is 2.89. The van der Waals surface area contributed by atoms with Gasteiger partial charge in [0, 0.05) is 0 Å². The van der Waals surface area contributed by atoms with Crippen LogP contribution in [0.15, 0.2) is 11.4 Å². The van der Waals surface area contributed by atoms with Crippen molar-refractivity contribution >= 4 is 17.3 Å². The van der Waals surface area contributed by atoms with Crippen LogP contribution in [0.1, 0.15) is 41.9 Å². The second-order valence-electron chi connectivity index (χ2n) is 3.12. The van der Waals surface area contributed by atoms with Crippen LogP contribution in [0.3, 0.4) is 0 Å². The maximum absolute atomic E-state index is 11.5. The van der Waals surface area contributed by atoms with Gasteiger partial charge in [0.2, 0.25) is 0 Å². The minimum atomic E-state index is -0.162. The van der Waals surface area contributed by atoms with Crippen molar-refractivity contribution in [2.75, 3.05) is 6.61 Å². The number of esters is 1. The fourth-order valence-corrected chi connectivity index (χ4v) is 2.06. The Labute approximate surface area is 88.9 Å². The molecule has 1 aromatic rings. The second kappa shape index (κ2) is 5.81. The van der Waals surface area contributed by atoms with Crippen LogP contribution in [-0.4, -0.2) is 12.6 Å². The van der Waals surface area contributed by atoms with Crippen LogP contribution in [0.25, 0.3) is 0 Å². The number of thiophene rings is 1. The van der Waals surface area contributed by atoms with E-state index in [0.717, 1.165) is 29.7 Å². The first-order chi connectivity index (χ1) is 6.79. The molecule has 1 aromatic heterocycles. The van der Waals surface area contributed by atoms with E-state index >= 15 is 0 Å². The number of unbranched alkanes of at least 4 members (excludes halogenated alkanes) is 1. The Bertz CT molecular complexity index is 291. The summed E-state index contributed by atoms with van der Waals surface area (Å²) < 4.78 is 5.14. The van der Waals surface area contributed by atoms with Gasteiger partial charge in [0.1, 0.15) is 4.88 Å². The first-order valence-electron chi connectivity index (χ1n) is 5.03. The van der Waals surface area contributed by atoms with E-state index in [9.17, 15) is 4.79 Å². The summed E-state index contributed by atoms with van der Waals surface area (Å²) in [5.41, 5.74) is 1.09. The minimum Gasteiger partial charge on any atom is -0.462 e. The van der Waals surface area contributed by atoms with Crippen LogP contribution in [0, 0.1) is 0 Å². The fourth-order valence-electron chi connectivity index (χ4n) is 1.17. The highest BCUT2D eigenvalue weighted by molar-refractivity contribution is 7.12. The van der Waals surface area contributed by atoms with Crippen LogP contribution in [-0.2, 0) is 11.2 Å². The van der Waals surface area contributed by atoms with Crippen molar-refractivity contribution in [2.45, 2.75) is 33.1 Å². The van der Waals surface area contributed by atoms with Crippen LogP contribution in [0.5, 0.6) is 0 Å². The van der Waals surface area contributed by atoms with E-state index in [2.05, 4.69) is 6.92 Å². The van der Waals surface area contributed by atoms with Gasteiger partial charge in [-0.15, -0.1) is 11.3 Å². The molecule has 2 nitrogen and oxygen atoms in total. The van der Waals surface area contributed by atoms with Crippen LogP contribution in [0.2, 0.25) is 0 Å². The lowest BCUT2D eigenvalue weighted by molar-refractivity contribution is 0.0504. The first kappa shape index (κ1) is 11.2. The zero-order chi connectivity index (χ0) is 10.4. The van der Waals surface area contributed by atoms with Gasteiger partial charge in [0.05, 0.1) is 6.61 Å². The van der Waals surface area contributed by atoms with Gasteiger partial charge in [-0.05, 0) is 29.9 Å². The lowest BCUT2D eigenvalue weighted by Crippen LogP contribution is -2.06. The molecule has 0 saturated carbocycles. The fraction of sp³-hybridized carbons (Fsp3) is 0.545. The van der Waals surface area contributed by atoms with E-state index in [-0.39, 0.29) is 5.97 Å². The maximum atomic E-state index is 11.5. The number of carbonyl (C=O) groups is 1. The molecule has 0 saturated heterocycles. The summed E-state index contributed by atoms with van der Waals surface area (Å²) in [5.74, 6) is -0.162. The summed E-state index contributed by atoms with van der Waals surface area (Å²) in [5, 5.41) is 1.94. The molecule has 0 aliphatic heterocycles. The summed E-state index contributed by atoms with van der Waals surface area (Å²) >= 11 is 1.47. The van der Waals surface area contributed by atoms with E-state index < -0.39 is 0 Å². The van der Waals surface area contributed by atoms with Gasteiger partial charge in [0.25, 0.3) is 0 Å². The van der Waals surface area contributed by atoms with E-state index in [1.165, 1.54) is 11.3 Å². The average molecular weight is 212 g/mol. The Morgan fingerprint density at radius 3 is 2.93 bits per heavy atom. The Morgan fingerprint density at radius 1 is 1.50 bits per heavy atom. The third-order valence-corrected chi connectivity index (χ3v) is 2.98. The molecule has 78 valence electrons. The molecule has 0 radical (unpaired) electrons.